The molecule has 5 rings (SSSR count). The Balaban J connectivity index is 1.61. The molecule has 2 aliphatic rings. The van der Waals surface area contributed by atoms with Crippen molar-refractivity contribution in [3.05, 3.63) is 76.2 Å². The van der Waals surface area contributed by atoms with Gasteiger partial charge in [0.25, 0.3) is 5.91 Å². The van der Waals surface area contributed by atoms with Crippen LogP contribution in [0.1, 0.15) is 44.5 Å². The number of morpholine rings is 1. The number of ether oxygens (including phenoxy) is 3. The average molecular weight is 586 g/mol. The van der Waals surface area contributed by atoms with Crippen LogP contribution < -0.4 is 4.74 Å². The molecule has 0 N–H and O–H groups in total. The Hall–Kier alpha value is -3.83. The molecule has 11 heteroatoms. The zero-order chi connectivity index (χ0) is 30.0. The van der Waals surface area contributed by atoms with E-state index in [4.69, 9.17) is 9.47 Å². The zero-order valence-electron chi connectivity index (χ0n) is 23.9. The lowest BCUT2D eigenvalue weighted by Gasteiger charge is -2.40. The van der Waals surface area contributed by atoms with E-state index in [-0.39, 0.29) is 29.3 Å². The molecule has 1 atom stereocenters. The van der Waals surface area contributed by atoms with Crippen LogP contribution in [-0.2, 0) is 29.5 Å². The molecule has 2 aliphatic heterocycles. The summed E-state index contributed by atoms with van der Waals surface area (Å²) in [6, 6.07) is 11.2. The first-order valence-electron chi connectivity index (χ1n) is 14.0. The summed E-state index contributed by atoms with van der Waals surface area (Å²) in [5, 5.41) is 0. The van der Waals surface area contributed by atoms with Crippen LogP contribution in [0.5, 0.6) is 5.75 Å². The van der Waals surface area contributed by atoms with E-state index in [1.165, 1.54) is 6.07 Å². The molecule has 0 saturated carbocycles. The molecule has 8 nitrogen and oxygen atoms in total. The van der Waals surface area contributed by atoms with Crippen molar-refractivity contribution >= 4 is 11.9 Å². The van der Waals surface area contributed by atoms with Crippen molar-refractivity contribution in [1.29, 1.82) is 0 Å². The van der Waals surface area contributed by atoms with Gasteiger partial charge in [-0.15, -0.1) is 0 Å². The molecule has 1 amide bonds. The lowest BCUT2D eigenvalue weighted by atomic mass is 9.92. The maximum atomic E-state index is 15.2. The van der Waals surface area contributed by atoms with E-state index in [0.717, 1.165) is 36.3 Å². The van der Waals surface area contributed by atoms with Crippen LogP contribution in [0.4, 0.5) is 13.2 Å². The Morgan fingerprint density at radius 1 is 1.07 bits per heavy atom. The summed E-state index contributed by atoms with van der Waals surface area (Å²) < 4.78 is 58.4. The predicted octanol–water partition coefficient (Wildman–Crippen LogP) is 4.82. The topological polar surface area (TPSA) is 73.2 Å². The number of aromatic nitrogens is 1. The molecule has 0 spiro atoms. The fourth-order valence-electron chi connectivity index (χ4n) is 5.73. The summed E-state index contributed by atoms with van der Waals surface area (Å²) in [6.07, 6.45) is 0.604. The summed E-state index contributed by atoms with van der Waals surface area (Å²) in [6.45, 7) is 3.84. The van der Waals surface area contributed by atoms with Gasteiger partial charge in [-0.3, -0.25) is 9.69 Å². The number of fused-ring (bicyclic) bond motifs is 1. The third-order valence-corrected chi connectivity index (χ3v) is 8.01. The van der Waals surface area contributed by atoms with E-state index in [1.54, 1.807) is 30.4 Å². The van der Waals surface area contributed by atoms with Crippen molar-refractivity contribution in [2.45, 2.75) is 39.5 Å². The van der Waals surface area contributed by atoms with E-state index in [2.05, 4.69) is 9.64 Å². The largest absolute Gasteiger partial charge is 0.462 e. The number of amides is 1. The Morgan fingerprint density at radius 2 is 1.79 bits per heavy atom. The maximum absolute atomic E-state index is 15.2. The third kappa shape index (κ3) is 6.03. The predicted molar refractivity (Wildman–Crippen MR) is 149 cm³/mol. The second kappa shape index (κ2) is 12.6. The van der Waals surface area contributed by atoms with Gasteiger partial charge in [0, 0.05) is 56.2 Å². The normalized spacial score (nSPS) is 17.3. The summed E-state index contributed by atoms with van der Waals surface area (Å²) in [7, 11) is 1.68. The molecule has 1 aromatic heterocycles. The highest BCUT2D eigenvalue weighted by atomic mass is 19.3. The smallest absolute Gasteiger partial charge is 0.387 e. The molecule has 0 aliphatic carbocycles. The van der Waals surface area contributed by atoms with Gasteiger partial charge in [0.2, 0.25) is 0 Å². The molecule has 0 radical (unpaired) electrons. The number of benzene rings is 2. The van der Waals surface area contributed by atoms with Crippen LogP contribution in [0.3, 0.4) is 0 Å². The van der Waals surface area contributed by atoms with E-state index < -0.39 is 30.1 Å². The second-order valence-electron chi connectivity index (χ2n) is 10.5. The van der Waals surface area contributed by atoms with Crippen LogP contribution in [0.15, 0.2) is 42.5 Å². The molecular formula is C31H34F3N3O5. The lowest BCUT2D eigenvalue weighted by Crippen LogP contribution is -2.52. The molecular weight excluding hydrogens is 551 g/mol. The number of alkyl halides is 2. The van der Waals surface area contributed by atoms with Crippen molar-refractivity contribution in [2.75, 3.05) is 39.5 Å². The average Bonchev–Trinajstić information content (AvgIpc) is 3.27. The standard InChI is InChI=1S/C31H34F3N3O5/c1-4-41-30(39)23-15-27(35(3)19(23)2)24-14-26(32)28(42-31(33)34)16-25(24)29(38)37-17-21-8-6-5-7-20(21)13-22(37)18-36-9-11-40-12-10-36/h5-8,14-16,22,31H,4,9-13,17-18H2,1-3H3. The summed E-state index contributed by atoms with van der Waals surface area (Å²) >= 11 is 0. The fourth-order valence-corrected chi connectivity index (χ4v) is 5.73. The highest BCUT2D eigenvalue weighted by molar-refractivity contribution is 6.02. The maximum Gasteiger partial charge on any atom is 0.387 e. The van der Waals surface area contributed by atoms with Crippen LogP contribution in [0.25, 0.3) is 11.3 Å². The van der Waals surface area contributed by atoms with Crippen molar-refractivity contribution < 1.29 is 37.0 Å². The summed E-state index contributed by atoms with van der Waals surface area (Å²) in [5.74, 6) is -2.78. The van der Waals surface area contributed by atoms with Crippen LogP contribution in [-0.4, -0.2) is 78.4 Å². The quantitative estimate of drug-likeness (QED) is 0.353. The Morgan fingerprint density at radius 3 is 2.48 bits per heavy atom. The number of hydrogen-bond acceptors (Lipinski definition) is 6. The van der Waals surface area contributed by atoms with Crippen molar-refractivity contribution in [2.24, 2.45) is 7.05 Å². The SMILES string of the molecule is CCOC(=O)c1cc(-c2cc(F)c(OC(F)F)cc2C(=O)N2Cc3ccccc3CC2CN2CCOCC2)n(C)c1C. The summed E-state index contributed by atoms with van der Waals surface area (Å²) in [5.41, 5.74) is 3.45. The molecule has 3 aromatic rings. The van der Waals surface area contributed by atoms with Gasteiger partial charge in [-0.05, 0) is 49.6 Å². The highest BCUT2D eigenvalue weighted by Gasteiger charge is 2.34. The number of nitrogens with zero attached hydrogens (tertiary/aromatic N) is 3. The van der Waals surface area contributed by atoms with Crippen molar-refractivity contribution in [1.82, 2.24) is 14.4 Å². The molecule has 1 fully saturated rings. The van der Waals surface area contributed by atoms with E-state index >= 15 is 4.39 Å². The van der Waals surface area contributed by atoms with Gasteiger partial charge >= 0.3 is 12.6 Å². The molecule has 42 heavy (non-hydrogen) atoms. The van der Waals surface area contributed by atoms with Gasteiger partial charge in [-0.2, -0.15) is 8.78 Å². The minimum Gasteiger partial charge on any atom is -0.462 e. The van der Waals surface area contributed by atoms with Gasteiger partial charge in [0.15, 0.2) is 11.6 Å². The van der Waals surface area contributed by atoms with E-state index in [9.17, 15) is 18.4 Å². The van der Waals surface area contributed by atoms with E-state index in [0.29, 0.717) is 44.1 Å². The molecule has 1 saturated heterocycles. The fraction of sp³-hybridized carbons (Fsp3) is 0.419. The lowest BCUT2D eigenvalue weighted by molar-refractivity contribution is -0.0522. The van der Waals surface area contributed by atoms with Gasteiger partial charge in [-0.1, -0.05) is 24.3 Å². The Kier molecular flexibility index (Phi) is 8.88. The minimum atomic E-state index is -3.28. The monoisotopic (exact) mass is 585 g/mol. The highest BCUT2D eigenvalue weighted by Crippen LogP contribution is 2.36. The van der Waals surface area contributed by atoms with Crippen molar-refractivity contribution in [3.63, 3.8) is 0 Å². The Bertz CT molecular complexity index is 1470. The number of esters is 1. The van der Waals surface area contributed by atoms with Crippen LogP contribution >= 0.6 is 0 Å². The second-order valence-corrected chi connectivity index (χ2v) is 10.5. The molecule has 2 aromatic carbocycles. The first-order chi connectivity index (χ1) is 20.2. The molecule has 1 unspecified atom stereocenters. The number of carbonyl (C=O) groups excluding carboxylic acids is 2. The van der Waals surface area contributed by atoms with Crippen molar-refractivity contribution in [3.8, 4) is 17.0 Å². The number of hydrogen-bond donors (Lipinski definition) is 0. The van der Waals surface area contributed by atoms with Gasteiger partial charge in [-0.25, -0.2) is 9.18 Å². The minimum absolute atomic E-state index is 0.00517. The first kappa shape index (κ1) is 29.7. The number of rotatable bonds is 8. The summed E-state index contributed by atoms with van der Waals surface area (Å²) in [4.78, 5) is 31.0. The molecule has 3 heterocycles. The molecule has 224 valence electrons. The van der Waals surface area contributed by atoms with Gasteiger partial charge < -0.3 is 23.7 Å². The van der Waals surface area contributed by atoms with Crippen LogP contribution in [0.2, 0.25) is 0 Å². The van der Waals surface area contributed by atoms with E-state index in [1.807, 2.05) is 24.3 Å². The zero-order valence-corrected chi connectivity index (χ0v) is 23.9. The number of halogens is 3. The number of carbonyl (C=O) groups is 2. The van der Waals surface area contributed by atoms with Gasteiger partial charge in [0.05, 0.1) is 30.9 Å². The van der Waals surface area contributed by atoms with Gasteiger partial charge in [0.1, 0.15) is 0 Å². The third-order valence-electron chi connectivity index (χ3n) is 8.01. The first-order valence-corrected chi connectivity index (χ1v) is 14.0. The Labute approximate surface area is 242 Å². The molecule has 0 bridgehead atoms. The van der Waals surface area contributed by atoms with Crippen LogP contribution in [0, 0.1) is 12.7 Å².